The molecule has 0 bridgehead atoms. The van der Waals surface area contributed by atoms with E-state index in [0.717, 1.165) is 32.2 Å². The first kappa shape index (κ1) is 13.2. The van der Waals surface area contributed by atoms with E-state index in [2.05, 4.69) is 20.8 Å². The number of rotatable bonds is 2. The van der Waals surface area contributed by atoms with Gasteiger partial charge in [0.25, 0.3) is 5.91 Å². The summed E-state index contributed by atoms with van der Waals surface area (Å²) in [4.78, 5) is 16.7. The topological polar surface area (TPSA) is 36.7 Å². The lowest BCUT2D eigenvalue weighted by Gasteiger charge is -2.37. The molecule has 1 amide bonds. The summed E-state index contributed by atoms with van der Waals surface area (Å²) in [5.74, 6) is 0.443. The molecule has 0 radical (unpaired) electrons. The molecule has 1 aromatic heterocycles. The van der Waals surface area contributed by atoms with Crippen molar-refractivity contribution < 1.29 is 9.21 Å². The Labute approximate surface area is 121 Å². The SMILES string of the molecule is O=C(c1ccc(Br)o1)N1CCN(C2CCCC2)CC1. The second-order valence-corrected chi connectivity index (χ2v) is 6.15. The molecular weight excluding hydrogens is 308 g/mol. The largest absolute Gasteiger partial charge is 0.444 e. The Hall–Kier alpha value is -0.810. The van der Waals surface area contributed by atoms with Crippen LogP contribution in [0, 0.1) is 0 Å². The highest BCUT2D eigenvalue weighted by Crippen LogP contribution is 2.24. The standard InChI is InChI=1S/C14H19BrN2O2/c15-13-6-5-12(19-13)14(18)17-9-7-16(8-10-17)11-3-1-2-4-11/h5-6,11H,1-4,7-10H2. The monoisotopic (exact) mass is 326 g/mol. The van der Waals surface area contributed by atoms with Crippen molar-refractivity contribution in [2.24, 2.45) is 0 Å². The zero-order chi connectivity index (χ0) is 13.2. The van der Waals surface area contributed by atoms with Gasteiger partial charge in [-0.1, -0.05) is 12.8 Å². The molecular formula is C14H19BrN2O2. The number of hydrogen-bond donors (Lipinski definition) is 0. The number of halogens is 1. The molecule has 1 saturated heterocycles. The lowest BCUT2D eigenvalue weighted by atomic mass is 10.2. The summed E-state index contributed by atoms with van der Waals surface area (Å²) in [5.41, 5.74) is 0. The zero-order valence-corrected chi connectivity index (χ0v) is 12.6. The van der Waals surface area contributed by atoms with Gasteiger partial charge >= 0.3 is 0 Å². The molecule has 0 N–H and O–H groups in total. The van der Waals surface area contributed by atoms with Crippen LogP contribution in [0.1, 0.15) is 36.2 Å². The van der Waals surface area contributed by atoms with Gasteiger partial charge in [-0.15, -0.1) is 0 Å². The second-order valence-electron chi connectivity index (χ2n) is 5.37. The normalized spacial score (nSPS) is 22.1. The van der Waals surface area contributed by atoms with Crippen LogP contribution in [-0.4, -0.2) is 47.9 Å². The fraction of sp³-hybridized carbons (Fsp3) is 0.643. The maximum atomic E-state index is 12.2. The number of nitrogens with zero attached hydrogens (tertiary/aromatic N) is 2. The molecule has 1 aliphatic heterocycles. The van der Waals surface area contributed by atoms with Crippen LogP contribution >= 0.6 is 15.9 Å². The lowest BCUT2D eigenvalue weighted by Crippen LogP contribution is -2.51. The Bertz CT molecular complexity index is 446. The Morgan fingerprint density at radius 2 is 1.84 bits per heavy atom. The van der Waals surface area contributed by atoms with Crippen molar-refractivity contribution in [2.45, 2.75) is 31.7 Å². The van der Waals surface area contributed by atoms with E-state index < -0.39 is 0 Å². The smallest absolute Gasteiger partial charge is 0.289 e. The zero-order valence-electron chi connectivity index (χ0n) is 11.0. The maximum absolute atomic E-state index is 12.2. The predicted octanol–water partition coefficient (Wildman–Crippen LogP) is 2.74. The quantitative estimate of drug-likeness (QED) is 0.838. The average molecular weight is 327 g/mol. The van der Waals surface area contributed by atoms with Crippen molar-refractivity contribution in [3.8, 4) is 0 Å². The molecule has 104 valence electrons. The number of furan rings is 1. The van der Waals surface area contributed by atoms with Crippen molar-refractivity contribution in [3.63, 3.8) is 0 Å². The summed E-state index contributed by atoms with van der Waals surface area (Å²) in [7, 11) is 0. The minimum Gasteiger partial charge on any atom is -0.444 e. The van der Waals surface area contributed by atoms with Gasteiger partial charge in [0.1, 0.15) is 0 Å². The summed E-state index contributed by atoms with van der Waals surface area (Å²) in [6.45, 7) is 3.62. The predicted molar refractivity (Wildman–Crippen MR) is 76.1 cm³/mol. The number of hydrogen-bond acceptors (Lipinski definition) is 3. The second kappa shape index (κ2) is 5.67. The van der Waals surface area contributed by atoms with E-state index >= 15 is 0 Å². The van der Waals surface area contributed by atoms with E-state index in [0.29, 0.717) is 10.4 Å². The van der Waals surface area contributed by atoms with Gasteiger partial charge in [0, 0.05) is 32.2 Å². The molecule has 4 nitrogen and oxygen atoms in total. The van der Waals surface area contributed by atoms with Gasteiger partial charge in [0.15, 0.2) is 10.4 Å². The van der Waals surface area contributed by atoms with Gasteiger partial charge in [-0.3, -0.25) is 9.69 Å². The summed E-state index contributed by atoms with van der Waals surface area (Å²) in [6, 6.07) is 4.26. The highest BCUT2D eigenvalue weighted by molar-refractivity contribution is 9.10. The van der Waals surface area contributed by atoms with E-state index in [1.54, 1.807) is 12.1 Å². The van der Waals surface area contributed by atoms with Crippen LogP contribution in [0.2, 0.25) is 0 Å². The van der Waals surface area contributed by atoms with Crippen LogP contribution in [0.3, 0.4) is 0 Å². The number of amides is 1. The van der Waals surface area contributed by atoms with Gasteiger partial charge < -0.3 is 9.32 Å². The summed E-state index contributed by atoms with van der Waals surface area (Å²) in [5, 5.41) is 0. The molecule has 19 heavy (non-hydrogen) atoms. The van der Waals surface area contributed by atoms with Crippen molar-refractivity contribution in [2.75, 3.05) is 26.2 Å². The van der Waals surface area contributed by atoms with Crippen molar-refractivity contribution in [1.29, 1.82) is 0 Å². The molecule has 5 heteroatoms. The van der Waals surface area contributed by atoms with Crippen LogP contribution in [0.5, 0.6) is 0 Å². The molecule has 1 aromatic rings. The third-order valence-corrected chi connectivity index (χ3v) is 4.65. The maximum Gasteiger partial charge on any atom is 0.289 e. The van der Waals surface area contributed by atoms with Crippen molar-refractivity contribution in [1.82, 2.24) is 9.80 Å². The molecule has 2 heterocycles. The van der Waals surface area contributed by atoms with Gasteiger partial charge in [-0.05, 0) is 40.9 Å². The molecule has 3 rings (SSSR count). The number of carbonyl (C=O) groups is 1. The minimum atomic E-state index is 0.0109. The molecule has 0 atom stereocenters. The molecule has 2 aliphatic rings. The molecule has 1 aliphatic carbocycles. The summed E-state index contributed by atoms with van der Waals surface area (Å²) >= 11 is 3.23. The van der Waals surface area contributed by atoms with Crippen molar-refractivity contribution >= 4 is 21.8 Å². The number of piperazine rings is 1. The molecule has 2 fully saturated rings. The highest BCUT2D eigenvalue weighted by atomic mass is 79.9. The molecule has 0 unspecified atom stereocenters. The molecule has 0 aromatic carbocycles. The van der Waals surface area contributed by atoms with E-state index in [4.69, 9.17) is 4.42 Å². The summed E-state index contributed by atoms with van der Waals surface area (Å²) < 4.78 is 5.95. The van der Waals surface area contributed by atoms with E-state index in [1.807, 2.05) is 4.90 Å². The first-order chi connectivity index (χ1) is 9.24. The van der Waals surface area contributed by atoms with Gasteiger partial charge in [0.05, 0.1) is 0 Å². The highest BCUT2D eigenvalue weighted by Gasteiger charge is 2.29. The van der Waals surface area contributed by atoms with Crippen LogP contribution in [0.15, 0.2) is 21.2 Å². The Kier molecular flexibility index (Phi) is 3.93. The Morgan fingerprint density at radius 3 is 2.42 bits per heavy atom. The fourth-order valence-electron chi connectivity index (χ4n) is 3.14. The van der Waals surface area contributed by atoms with Crippen molar-refractivity contribution in [3.05, 3.63) is 22.6 Å². The third-order valence-electron chi connectivity index (χ3n) is 4.23. The lowest BCUT2D eigenvalue weighted by molar-refractivity contribution is 0.0543. The summed E-state index contributed by atoms with van der Waals surface area (Å²) in [6.07, 6.45) is 5.40. The van der Waals surface area contributed by atoms with E-state index in [9.17, 15) is 4.79 Å². The van der Waals surface area contributed by atoms with Crippen LogP contribution in [0.25, 0.3) is 0 Å². The first-order valence-electron chi connectivity index (χ1n) is 7.03. The van der Waals surface area contributed by atoms with Gasteiger partial charge in [-0.25, -0.2) is 0 Å². The average Bonchev–Trinajstić information content (AvgIpc) is 3.09. The van der Waals surface area contributed by atoms with Gasteiger partial charge in [-0.2, -0.15) is 0 Å². The van der Waals surface area contributed by atoms with E-state index in [-0.39, 0.29) is 5.91 Å². The van der Waals surface area contributed by atoms with Crippen LogP contribution in [-0.2, 0) is 0 Å². The van der Waals surface area contributed by atoms with Crippen LogP contribution < -0.4 is 0 Å². The van der Waals surface area contributed by atoms with Crippen LogP contribution in [0.4, 0.5) is 0 Å². The molecule has 1 saturated carbocycles. The Morgan fingerprint density at radius 1 is 1.16 bits per heavy atom. The van der Waals surface area contributed by atoms with E-state index in [1.165, 1.54) is 25.7 Å². The molecule has 0 spiro atoms. The Balaban J connectivity index is 1.56. The minimum absolute atomic E-state index is 0.0109. The fourth-order valence-corrected chi connectivity index (χ4v) is 3.45. The third kappa shape index (κ3) is 2.87. The first-order valence-corrected chi connectivity index (χ1v) is 7.82. The number of carbonyl (C=O) groups excluding carboxylic acids is 1. The van der Waals surface area contributed by atoms with Gasteiger partial charge in [0.2, 0.25) is 0 Å².